The number of urea groups is 1. The molecule has 154 valence electrons. The summed E-state index contributed by atoms with van der Waals surface area (Å²) in [4.78, 5) is 17.6. The SMILES string of the molecule is COc1ccc(CNC(=O)N2CCN(C3CC3)CC2c2ccccc2)cc1OC. The average molecular weight is 396 g/mol. The molecule has 1 saturated heterocycles. The van der Waals surface area contributed by atoms with E-state index in [-0.39, 0.29) is 12.1 Å². The Bertz CT molecular complexity index is 839. The van der Waals surface area contributed by atoms with Gasteiger partial charge in [-0.2, -0.15) is 0 Å². The minimum absolute atomic E-state index is 0.0240. The van der Waals surface area contributed by atoms with Gasteiger partial charge in [0.2, 0.25) is 0 Å². The summed E-state index contributed by atoms with van der Waals surface area (Å²) < 4.78 is 10.6. The summed E-state index contributed by atoms with van der Waals surface area (Å²) in [5, 5.41) is 3.09. The van der Waals surface area contributed by atoms with Crippen LogP contribution in [0.1, 0.15) is 30.0 Å². The number of hydrogen-bond donors (Lipinski definition) is 1. The first-order chi connectivity index (χ1) is 14.2. The van der Waals surface area contributed by atoms with Crippen LogP contribution < -0.4 is 14.8 Å². The lowest BCUT2D eigenvalue weighted by Gasteiger charge is -2.41. The molecule has 4 rings (SSSR count). The zero-order chi connectivity index (χ0) is 20.2. The van der Waals surface area contributed by atoms with E-state index in [1.54, 1.807) is 14.2 Å². The second-order valence-electron chi connectivity index (χ2n) is 7.69. The number of ether oxygens (including phenoxy) is 2. The van der Waals surface area contributed by atoms with Crippen molar-refractivity contribution in [2.75, 3.05) is 33.9 Å². The van der Waals surface area contributed by atoms with Crippen molar-refractivity contribution in [1.29, 1.82) is 0 Å². The van der Waals surface area contributed by atoms with Crippen molar-refractivity contribution in [1.82, 2.24) is 15.1 Å². The highest BCUT2D eigenvalue weighted by Crippen LogP contribution is 2.33. The van der Waals surface area contributed by atoms with Gasteiger partial charge in [-0.1, -0.05) is 36.4 Å². The van der Waals surface area contributed by atoms with Gasteiger partial charge in [-0.05, 0) is 36.1 Å². The Morgan fingerprint density at radius 2 is 1.79 bits per heavy atom. The van der Waals surface area contributed by atoms with Gasteiger partial charge in [0.1, 0.15) is 0 Å². The molecule has 1 saturated carbocycles. The van der Waals surface area contributed by atoms with E-state index >= 15 is 0 Å². The molecule has 6 nitrogen and oxygen atoms in total. The van der Waals surface area contributed by atoms with Crippen LogP contribution in [0.5, 0.6) is 11.5 Å². The monoisotopic (exact) mass is 395 g/mol. The number of hydrogen-bond acceptors (Lipinski definition) is 4. The molecule has 1 unspecified atom stereocenters. The first-order valence-electron chi connectivity index (χ1n) is 10.2. The van der Waals surface area contributed by atoms with E-state index in [1.807, 2.05) is 41.3 Å². The number of piperazine rings is 1. The Labute approximate surface area is 172 Å². The lowest BCUT2D eigenvalue weighted by atomic mass is 10.0. The normalized spacial score (nSPS) is 19.7. The Morgan fingerprint density at radius 3 is 2.48 bits per heavy atom. The van der Waals surface area contributed by atoms with Crippen LogP contribution in [0, 0.1) is 0 Å². The zero-order valence-corrected chi connectivity index (χ0v) is 17.1. The molecule has 0 aromatic heterocycles. The van der Waals surface area contributed by atoms with Crippen LogP contribution in [-0.4, -0.2) is 55.7 Å². The molecule has 2 aromatic rings. The fourth-order valence-corrected chi connectivity index (χ4v) is 4.05. The molecule has 0 bridgehead atoms. The minimum Gasteiger partial charge on any atom is -0.493 e. The van der Waals surface area contributed by atoms with E-state index in [0.717, 1.165) is 25.2 Å². The van der Waals surface area contributed by atoms with E-state index in [2.05, 4.69) is 22.3 Å². The van der Waals surface area contributed by atoms with Gasteiger partial charge in [0, 0.05) is 32.2 Å². The van der Waals surface area contributed by atoms with Gasteiger partial charge in [-0.3, -0.25) is 4.90 Å². The topological polar surface area (TPSA) is 54.0 Å². The summed E-state index contributed by atoms with van der Waals surface area (Å²) in [6.45, 7) is 3.04. The van der Waals surface area contributed by atoms with Gasteiger partial charge in [0.05, 0.1) is 20.3 Å². The standard InChI is InChI=1S/C23H29N3O3/c1-28-21-11-8-17(14-22(21)29-2)15-24-23(27)26-13-12-25(19-9-10-19)16-20(26)18-6-4-3-5-7-18/h3-8,11,14,19-20H,9-10,12-13,15-16H2,1-2H3,(H,24,27). The van der Waals surface area contributed by atoms with Crippen molar-refractivity contribution in [2.45, 2.75) is 31.5 Å². The van der Waals surface area contributed by atoms with Crippen LogP contribution in [0.25, 0.3) is 0 Å². The molecule has 0 radical (unpaired) electrons. The van der Waals surface area contributed by atoms with Crippen molar-refractivity contribution >= 4 is 6.03 Å². The molecule has 1 N–H and O–H groups in total. The van der Waals surface area contributed by atoms with E-state index in [4.69, 9.17) is 9.47 Å². The van der Waals surface area contributed by atoms with Gasteiger partial charge in [-0.15, -0.1) is 0 Å². The van der Waals surface area contributed by atoms with Crippen LogP contribution in [0.4, 0.5) is 4.79 Å². The summed E-state index contributed by atoms with van der Waals surface area (Å²) >= 11 is 0. The number of nitrogens with zero attached hydrogens (tertiary/aromatic N) is 2. The summed E-state index contributed by atoms with van der Waals surface area (Å²) in [5.41, 5.74) is 2.17. The smallest absolute Gasteiger partial charge is 0.318 e. The van der Waals surface area contributed by atoms with E-state index < -0.39 is 0 Å². The summed E-state index contributed by atoms with van der Waals surface area (Å²) in [5.74, 6) is 1.35. The first-order valence-corrected chi connectivity index (χ1v) is 10.2. The average Bonchev–Trinajstić information content (AvgIpc) is 3.63. The minimum atomic E-state index is -0.0240. The largest absolute Gasteiger partial charge is 0.493 e. The summed E-state index contributed by atoms with van der Waals surface area (Å²) in [6.07, 6.45) is 2.57. The van der Waals surface area contributed by atoms with Crippen molar-refractivity contribution in [3.63, 3.8) is 0 Å². The van der Waals surface area contributed by atoms with Crippen molar-refractivity contribution in [3.05, 3.63) is 59.7 Å². The third-order valence-electron chi connectivity index (χ3n) is 5.81. The predicted octanol–water partition coefficient (Wildman–Crippen LogP) is 3.43. The Kier molecular flexibility index (Phi) is 5.90. The predicted molar refractivity (Wildman–Crippen MR) is 112 cm³/mol. The molecule has 1 aliphatic heterocycles. The Morgan fingerprint density at radius 1 is 1.03 bits per heavy atom. The van der Waals surface area contributed by atoms with Crippen molar-refractivity contribution in [3.8, 4) is 11.5 Å². The summed E-state index contributed by atoms with van der Waals surface area (Å²) in [7, 11) is 3.23. The third-order valence-corrected chi connectivity index (χ3v) is 5.81. The molecule has 2 amide bonds. The molecule has 1 atom stereocenters. The first kappa shape index (κ1) is 19.6. The number of nitrogens with one attached hydrogen (secondary N) is 1. The van der Waals surface area contributed by atoms with Gasteiger partial charge in [0.25, 0.3) is 0 Å². The Hall–Kier alpha value is -2.73. The molecule has 1 aliphatic carbocycles. The second kappa shape index (κ2) is 8.74. The zero-order valence-electron chi connectivity index (χ0n) is 17.1. The number of benzene rings is 2. The maximum atomic E-state index is 13.1. The molecular weight excluding hydrogens is 366 g/mol. The van der Waals surface area contributed by atoms with Crippen molar-refractivity contribution in [2.24, 2.45) is 0 Å². The number of carbonyl (C=O) groups is 1. The lowest BCUT2D eigenvalue weighted by Crippen LogP contribution is -2.53. The maximum absolute atomic E-state index is 13.1. The molecule has 1 heterocycles. The van der Waals surface area contributed by atoms with Crippen LogP contribution in [-0.2, 0) is 6.54 Å². The third kappa shape index (κ3) is 4.48. The van der Waals surface area contributed by atoms with Gasteiger partial charge < -0.3 is 19.7 Å². The molecule has 29 heavy (non-hydrogen) atoms. The van der Waals surface area contributed by atoms with Gasteiger partial charge >= 0.3 is 6.03 Å². The molecule has 2 aromatic carbocycles. The number of amides is 2. The number of rotatable bonds is 6. The maximum Gasteiger partial charge on any atom is 0.318 e. The molecule has 6 heteroatoms. The fourth-order valence-electron chi connectivity index (χ4n) is 4.05. The van der Waals surface area contributed by atoms with Gasteiger partial charge in [0.15, 0.2) is 11.5 Å². The van der Waals surface area contributed by atoms with E-state index in [9.17, 15) is 4.79 Å². The quantitative estimate of drug-likeness (QED) is 0.814. The van der Waals surface area contributed by atoms with Crippen LogP contribution in [0.2, 0.25) is 0 Å². The molecule has 2 fully saturated rings. The lowest BCUT2D eigenvalue weighted by molar-refractivity contribution is 0.0890. The van der Waals surface area contributed by atoms with Crippen molar-refractivity contribution < 1.29 is 14.3 Å². The highest BCUT2D eigenvalue weighted by atomic mass is 16.5. The molecule has 2 aliphatic rings. The second-order valence-corrected chi connectivity index (χ2v) is 7.69. The van der Waals surface area contributed by atoms with Crippen LogP contribution in [0.3, 0.4) is 0 Å². The van der Waals surface area contributed by atoms with E-state index in [0.29, 0.717) is 24.1 Å². The number of methoxy groups -OCH3 is 2. The molecular formula is C23H29N3O3. The fraction of sp³-hybridized carbons (Fsp3) is 0.435. The van der Waals surface area contributed by atoms with Gasteiger partial charge in [-0.25, -0.2) is 4.79 Å². The van der Waals surface area contributed by atoms with Crippen LogP contribution >= 0.6 is 0 Å². The summed E-state index contributed by atoms with van der Waals surface area (Å²) in [6, 6.07) is 16.8. The van der Waals surface area contributed by atoms with E-state index in [1.165, 1.54) is 18.4 Å². The highest BCUT2D eigenvalue weighted by molar-refractivity contribution is 5.75. The highest BCUT2D eigenvalue weighted by Gasteiger charge is 2.37. The molecule has 0 spiro atoms. The Balaban J connectivity index is 1.45. The van der Waals surface area contributed by atoms with Crippen LogP contribution in [0.15, 0.2) is 48.5 Å². The number of carbonyl (C=O) groups excluding carboxylic acids is 1.